The van der Waals surface area contributed by atoms with Gasteiger partial charge in [0.25, 0.3) is 0 Å². The van der Waals surface area contributed by atoms with Crippen molar-refractivity contribution in [2.45, 2.75) is 70.3 Å². The fourth-order valence-electron chi connectivity index (χ4n) is 2.90. The van der Waals surface area contributed by atoms with Crippen molar-refractivity contribution >= 4 is 8.80 Å². The van der Waals surface area contributed by atoms with Crippen LogP contribution in [0.15, 0.2) is 17.7 Å². The van der Waals surface area contributed by atoms with E-state index in [-0.39, 0.29) is 43.3 Å². The SMILES string of the molecule is CO[Si](CCCCCCCCCCC1=[C-]CC=C1)(OC)OC.[CH3-].[CH3-].[CH3-].[Pt+4]. The van der Waals surface area contributed by atoms with Crippen LogP contribution in [-0.4, -0.2) is 30.1 Å². The summed E-state index contributed by atoms with van der Waals surface area (Å²) in [6.07, 6.45) is 20.5. The Balaban J connectivity index is -0.000000605. The number of unbranched alkanes of at least 4 members (excludes halogenated alkanes) is 7. The Morgan fingerprint density at radius 3 is 1.69 bits per heavy atom. The zero-order chi connectivity index (χ0) is 16.1. The number of allylic oxidation sites excluding steroid dienone is 4. The van der Waals surface area contributed by atoms with Gasteiger partial charge in [0, 0.05) is 27.4 Å². The zero-order valence-corrected chi connectivity index (χ0v) is 21.2. The molecule has 0 radical (unpaired) electrons. The molecule has 3 nitrogen and oxygen atoms in total. The molecule has 0 heterocycles. The molecule has 0 aromatic heterocycles. The summed E-state index contributed by atoms with van der Waals surface area (Å²) in [4.78, 5) is 0. The first-order chi connectivity index (χ1) is 10.8. The Morgan fingerprint density at radius 2 is 1.27 bits per heavy atom. The molecule has 0 aromatic rings. The van der Waals surface area contributed by atoms with Crippen LogP contribution in [0.3, 0.4) is 0 Å². The largest absolute Gasteiger partial charge is 4.00 e. The molecule has 0 bridgehead atoms. The Hall–Kier alpha value is 0.265. The predicted molar refractivity (Wildman–Crippen MR) is 113 cm³/mol. The maximum Gasteiger partial charge on any atom is 4.00 e. The Kier molecular flexibility index (Phi) is 28.0. The summed E-state index contributed by atoms with van der Waals surface area (Å²) in [5.41, 5.74) is 1.42. The standard InChI is InChI=1S/C18H33O3Si.3CH3.Pt/c1-19-22(20-2,21-3)17-13-9-7-5-4-6-8-10-14-18-15-11-12-16-18;;;;/h11,15H,4-10,12-14,17H2,1-3H3;3*1H3;/q4*-1;+4. The van der Waals surface area contributed by atoms with Crippen molar-refractivity contribution in [1.29, 1.82) is 0 Å². The molecule has 0 aliphatic heterocycles. The summed E-state index contributed by atoms with van der Waals surface area (Å²) in [7, 11) is 2.74. The zero-order valence-electron chi connectivity index (χ0n) is 18.0. The van der Waals surface area contributed by atoms with Gasteiger partial charge in [0.15, 0.2) is 0 Å². The minimum absolute atomic E-state index is 0. The summed E-state index contributed by atoms with van der Waals surface area (Å²) in [6, 6.07) is 0.926. The third kappa shape index (κ3) is 14.3. The Bertz CT molecular complexity index is 334. The van der Waals surface area contributed by atoms with E-state index in [1.807, 2.05) is 0 Å². The van der Waals surface area contributed by atoms with Gasteiger partial charge in [-0.05, 0) is 6.42 Å². The molecular formula is C21H42O3PtSi. The van der Waals surface area contributed by atoms with Gasteiger partial charge in [0.05, 0.1) is 0 Å². The van der Waals surface area contributed by atoms with Gasteiger partial charge in [-0.1, -0.05) is 51.4 Å². The molecule has 0 aromatic carbocycles. The van der Waals surface area contributed by atoms with Crippen LogP contribution in [-0.2, 0) is 34.3 Å². The average Bonchev–Trinajstić information content (AvgIpc) is 3.07. The van der Waals surface area contributed by atoms with Crippen LogP contribution in [0.5, 0.6) is 0 Å². The van der Waals surface area contributed by atoms with Crippen molar-refractivity contribution in [3.63, 3.8) is 0 Å². The molecule has 0 N–H and O–H groups in total. The van der Waals surface area contributed by atoms with Crippen LogP contribution >= 0.6 is 0 Å². The van der Waals surface area contributed by atoms with E-state index in [4.69, 9.17) is 13.3 Å². The Labute approximate surface area is 180 Å². The molecule has 0 unspecified atom stereocenters. The summed E-state index contributed by atoms with van der Waals surface area (Å²) in [6.45, 7) is 0. The number of rotatable bonds is 14. The van der Waals surface area contributed by atoms with Crippen LogP contribution in [0.2, 0.25) is 6.04 Å². The maximum atomic E-state index is 5.43. The topological polar surface area (TPSA) is 27.7 Å². The first-order valence-corrected chi connectivity index (χ1v) is 10.6. The molecule has 0 saturated carbocycles. The van der Waals surface area contributed by atoms with Crippen molar-refractivity contribution in [1.82, 2.24) is 0 Å². The minimum atomic E-state index is -2.33. The van der Waals surface area contributed by atoms with E-state index in [0.717, 1.165) is 18.9 Å². The van der Waals surface area contributed by atoms with Crippen LogP contribution in [0, 0.1) is 28.4 Å². The fourth-order valence-corrected chi connectivity index (χ4v) is 4.69. The monoisotopic (exact) mass is 565 g/mol. The third-order valence-electron chi connectivity index (χ3n) is 4.38. The molecule has 0 fully saturated rings. The van der Waals surface area contributed by atoms with Gasteiger partial charge >= 0.3 is 29.9 Å². The second-order valence-corrected chi connectivity index (χ2v) is 9.02. The third-order valence-corrected chi connectivity index (χ3v) is 7.21. The number of hydrogen-bond acceptors (Lipinski definition) is 3. The first-order valence-electron chi connectivity index (χ1n) is 8.68. The predicted octanol–water partition coefficient (Wildman–Crippen LogP) is 6.41. The van der Waals surface area contributed by atoms with E-state index in [2.05, 4.69) is 18.2 Å². The van der Waals surface area contributed by atoms with E-state index in [9.17, 15) is 0 Å². The molecule has 5 heteroatoms. The van der Waals surface area contributed by atoms with Gasteiger partial charge in [-0.15, -0.1) is 6.42 Å². The van der Waals surface area contributed by atoms with Crippen molar-refractivity contribution in [2.75, 3.05) is 21.3 Å². The quantitative estimate of drug-likeness (QED) is 0.138. The van der Waals surface area contributed by atoms with Crippen LogP contribution < -0.4 is 0 Å². The first kappa shape index (κ1) is 33.8. The summed E-state index contributed by atoms with van der Waals surface area (Å²) >= 11 is 0. The van der Waals surface area contributed by atoms with Crippen molar-refractivity contribution in [2.24, 2.45) is 0 Å². The van der Waals surface area contributed by atoms with Gasteiger partial charge in [-0.25, -0.2) is 11.6 Å². The van der Waals surface area contributed by atoms with Crippen LogP contribution in [0.4, 0.5) is 0 Å². The molecule has 1 rings (SSSR count). The molecule has 0 amide bonds. The van der Waals surface area contributed by atoms with E-state index in [1.165, 1.54) is 56.9 Å². The second-order valence-electron chi connectivity index (χ2n) is 5.93. The molecule has 1 aliphatic rings. The maximum absolute atomic E-state index is 5.43. The van der Waals surface area contributed by atoms with Gasteiger partial charge in [-0.2, -0.15) is 6.08 Å². The van der Waals surface area contributed by atoms with E-state index >= 15 is 0 Å². The van der Waals surface area contributed by atoms with Crippen molar-refractivity contribution in [3.05, 3.63) is 46.1 Å². The van der Waals surface area contributed by atoms with Gasteiger partial charge in [0.1, 0.15) is 0 Å². The molecule has 1 aliphatic carbocycles. The molecular weight excluding hydrogens is 523 g/mol. The fraction of sp³-hybridized carbons (Fsp3) is 0.667. The van der Waals surface area contributed by atoms with Crippen molar-refractivity contribution < 1.29 is 34.3 Å². The van der Waals surface area contributed by atoms with E-state index in [0.29, 0.717) is 0 Å². The van der Waals surface area contributed by atoms with Crippen LogP contribution in [0.25, 0.3) is 0 Å². The summed E-state index contributed by atoms with van der Waals surface area (Å²) in [5, 5.41) is 0. The smallest absolute Gasteiger partial charge is 0.377 e. The molecule has 0 saturated heterocycles. The van der Waals surface area contributed by atoms with Crippen molar-refractivity contribution in [3.8, 4) is 0 Å². The number of hydrogen-bond donors (Lipinski definition) is 0. The molecule has 158 valence electrons. The van der Waals surface area contributed by atoms with E-state index < -0.39 is 8.80 Å². The van der Waals surface area contributed by atoms with Crippen LogP contribution in [0.1, 0.15) is 64.2 Å². The Morgan fingerprint density at radius 1 is 0.808 bits per heavy atom. The van der Waals surface area contributed by atoms with E-state index in [1.54, 1.807) is 21.3 Å². The molecule has 0 spiro atoms. The van der Waals surface area contributed by atoms with Gasteiger partial charge < -0.3 is 35.6 Å². The van der Waals surface area contributed by atoms with Gasteiger partial charge in [0.2, 0.25) is 0 Å². The molecule has 0 atom stereocenters. The minimum Gasteiger partial charge on any atom is -0.377 e. The van der Waals surface area contributed by atoms with Gasteiger partial charge in [-0.3, -0.25) is 6.08 Å². The molecule has 26 heavy (non-hydrogen) atoms. The average molecular weight is 566 g/mol. The summed E-state index contributed by atoms with van der Waals surface area (Å²) < 4.78 is 16.3. The summed E-state index contributed by atoms with van der Waals surface area (Å²) in [5.74, 6) is 0. The second kappa shape index (κ2) is 21.6. The normalized spacial score (nSPS) is 12.3.